The predicted octanol–water partition coefficient (Wildman–Crippen LogP) is 3.83. The molecule has 0 radical (unpaired) electrons. The lowest BCUT2D eigenvalue weighted by atomic mass is 9.80. The summed E-state index contributed by atoms with van der Waals surface area (Å²) in [7, 11) is 0. The van der Waals surface area contributed by atoms with Gasteiger partial charge in [0.15, 0.2) is 0 Å². The summed E-state index contributed by atoms with van der Waals surface area (Å²) < 4.78 is 7.35. The summed E-state index contributed by atoms with van der Waals surface area (Å²) in [5.41, 5.74) is 3.70. The van der Waals surface area contributed by atoms with Crippen molar-refractivity contribution in [2.45, 2.75) is 46.5 Å². The molecule has 1 saturated heterocycles. The van der Waals surface area contributed by atoms with Gasteiger partial charge in [0.05, 0.1) is 11.0 Å². The fourth-order valence-electron chi connectivity index (χ4n) is 3.97. The normalized spacial score (nSPS) is 16.0. The van der Waals surface area contributed by atoms with Crippen molar-refractivity contribution in [3.63, 3.8) is 0 Å². The smallest absolute Gasteiger partial charge is 0.311 e. The molecular formula is C23H30N2O4. The van der Waals surface area contributed by atoms with Gasteiger partial charge < -0.3 is 19.7 Å². The van der Waals surface area contributed by atoms with Crippen LogP contribution in [0.4, 0.5) is 0 Å². The largest absolute Gasteiger partial charge is 0.481 e. The highest BCUT2D eigenvalue weighted by molar-refractivity contribution is 5.96. The van der Waals surface area contributed by atoms with Gasteiger partial charge in [0.2, 0.25) is 0 Å². The second kappa shape index (κ2) is 8.41. The Morgan fingerprint density at radius 3 is 2.34 bits per heavy atom. The molecule has 0 spiro atoms. The molecule has 1 amide bonds. The first kappa shape index (κ1) is 21.1. The molecule has 1 aromatic heterocycles. The van der Waals surface area contributed by atoms with Crippen LogP contribution >= 0.6 is 0 Å². The minimum absolute atomic E-state index is 0.108. The number of carboxylic acids is 1. The van der Waals surface area contributed by atoms with E-state index in [2.05, 4.69) is 48.0 Å². The molecule has 1 fully saturated rings. The lowest BCUT2D eigenvalue weighted by Gasteiger charge is -2.33. The number of aromatic nitrogens is 1. The highest BCUT2D eigenvalue weighted by Crippen LogP contribution is 2.30. The molecule has 156 valence electrons. The Kier molecular flexibility index (Phi) is 6.13. The Balaban J connectivity index is 1.80. The number of aliphatic carboxylic acids is 1. The molecule has 1 aromatic carbocycles. The number of carbonyl (C=O) groups is 2. The zero-order valence-corrected chi connectivity index (χ0v) is 17.6. The first-order valence-electron chi connectivity index (χ1n) is 10.1. The maximum absolute atomic E-state index is 12.9. The van der Waals surface area contributed by atoms with Gasteiger partial charge >= 0.3 is 5.97 Å². The second-order valence-corrected chi connectivity index (χ2v) is 8.25. The third-order valence-electron chi connectivity index (χ3n) is 5.98. The molecule has 3 rings (SSSR count). The lowest BCUT2D eigenvalue weighted by molar-refractivity contribution is -0.154. The van der Waals surface area contributed by atoms with Crippen molar-refractivity contribution in [1.29, 1.82) is 0 Å². The van der Waals surface area contributed by atoms with Crippen molar-refractivity contribution in [1.82, 2.24) is 9.88 Å². The van der Waals surface area contributed by atoms with Crippen LogP contribution < -0.4 is 5.32 Å². The van der Waals surface area contributed by atoms with E-state index in [-0.39, 0.29) is 12.5 Å². The monoisotopic (exact) mass is 398 g/mol. The number of nitrogens with one attached hydrogen (secondary N) is 1. The summed E-state index contributed by atoms with van der Waals surface area (Å²) in [5.74, 6) is -0.656. The third kappa shape index (κ3) is 4.22. The van der Waals surface area contributed by atoms with Crippen LogP contribution in [0.5, 0.6) is 0 Å². The Morgan fingerprint density at radius 2 is 1.79 bits per heavy atom. The molecule has 0 aliphatic carbocycles. The van der Waals surface area contributed by atoms with E-state index in [1.54, 1.807) is 0 Å². The van der Waals surface area contributed by atoms with Gasteiger partial charge in [0, 0.05) is 36.8 Å². The molecule has 2 aromatic rings. The number of benzene rings is 1. The molecule has 0 unspecified atom stereocenters. The quantitative estimate of drug-likeness (QED) is 0.775. The summed E-state index contributed by atoms with van der Waals surface area (Å²) in [4.78, 5) is 24.7. The molecule has 0 saturated carbocycles. The van der Waals surface area contributed by atoms with E-state index in [4.69, 9.17) is 4.74 Å². The Morgan fingerprint density at radius 1 is 1.17 bits per heavy atom. The number of hydrogen-bond donors (Lipinski definition) is 2. The number of carbonyl (C=O) groups excluding carboxylic acids is 1. The van der Waals surface area contributed by atoms with E-state index in [9.17, 15) is 14.7 Å². The molecule has 6 nitrogen and oxygen atoms in total. The topological polar surface area (TPSA) is 80.6 Å². The van der Waals surface area contributed by atoms with Crippen molar-refractivity contribution in [2.24, 2.45) is 5.41 Å². The number of carboxylic acid groups (broad SMARTS) is 1. The number of ether oxygens (including phenoxy) is 1. The van der Waals surface area contributed by atoms with E-state index in [1.165, 1.54) is 5.56 Å². The Labute approximate surface area is 171 Å². The van der Waals surface area contributed by atoms with Crippen molar-refractivity contribution in [3.05, 3.63) is 52.8 Å². The molecule has 0 atom stereocenters. The summed E-state index contributed by atoms with van der Waals surface area (Å²) in [6.07, 6.45) is 0.813. The van der Waals surface area contributed by atoms with E-state index in [0.717, 1.165) is 17.1 Å². The van der Waals surface area contributed by atoms with Crippen LogP contribution in [0.25, 0.3) is 5.69 Å². The highest BCUT2D eigenvalue weighted by Gasteiger charge is 2.40. The van der Waals surface area contributed by atoms with E-state index < -0.39 is 11.4 Å². The molecular weight excluding hydrogens is 368 g/mol. The molecule has 2 heterocycles. The van der Waals surface area contributed by atoms with Gasteiger partial charge in [-0.2, -0.15) is 0 Å². The summed E-state index contributed by atoms with van der Waals surface area (Å²) in [5, 5.41) is 12.5. The van der Waals surface area contributed by atoms with Crippen molar-refractivity contribution < 1.29 is 19.4 Å². The third-order valence-corrected chi connectivity index (χ3v) is 5.98. The first-order chi connectivity index (χ1) is 13.7. The average Bonchev–Trinajstić information content (AvgIpc) is 3.01. The van der Waals surface area contributed by atoms with Crippen molar-refractivity contribution in [3.8, 4) is 5.69 Å². The van der Waals surface area contributed by atoms with Crippen LogP contribution in [0.3, 0.4) is 0 Å². The van der Waals surface area contributed by atoms with Gasteiger partial charge in [-0.25, -0.2) is 0 Å². The first-order valence-corrected chi connectivity index (χ1v) is 10.1. The average molecular weight is 399 g/mol. The zero-order chi connectivity index (χ0) is 21.2. The molecule has 29 heavy (non-hydrogen) atoms. The Hall–Kier alpha value is -2.60. The number of nitrogens with zero attached hydrogens (tertiary/aromatic N) is 1. The number of amides is 1. The predicted molar refractivity (Wildman–Crippen MR) is 112 cm³/mol. The number of hydrogen-bond acceptors (Lipinski definition) is 3. The van der Waals surface area contributed by atoms with Crippen LogP contribution in [-0.4, -0.2) is 41.3 Å². The fourth-order valence-corrected chi connectivity index (χ4v) is 3.97. The zero-order valence-electron chi connectivity index (χ0n) is 17.6. The number of rotatable bonds is 6. The highest BCUT2D eigenvalue weighted by atomic mass is 16.5. The van der Waals surface area contributed by atoms with Crippen LogP contribution in [-0.2, 0) is 9.53 Å². The van der Waals surface area contributed by atoms with Crippen LogP contribution in [0.2, 0.25) is 0 Å². The second-order valence-electron chi connectivity index (χ2n) is 8.25. The van der Waals surface area contributed by atoms with Crippen molar-refractivity contribution >= 4 is 11.9 Å². The van der Waals surface area contributed by atoms with Gasteiger partial charge in [0.25, 0.3) is 5.91 Å². The van der Waals surface area contributed by atoms with Gasteiger partial charge in [-0.15, -0.1) is 0 Å². The molecule has 0 bridgehead atoms. The summed E-state index contributed by atoms with van der Waals surface area (Å²) >= 11 is 0. The van der Waals surface area contributed by atoms with Crippen LogP contribution in [0, 0.1) is 19.3 Å². The van der Waals surface area contributed by atoms with E-state index in [1.807, 2.05) is 19.9 Å². The van der Waals surface area contributed by atoms with Gasteiger partial charge in [-0.1, -0.05) is 26.0 Å². The standard InChI is InChI=1S/C23H30N2O4/c1-15(2)18-5-7-19(8-6-18)25-16(3)13-20(17(25)4)21(26)24-14-23(22(27)28)9-11-29-12-10-23/h5-8,13,15H,9-12,14H2,1-4H3,(H,24,26)(H,27,28). The Bertz CT molecular complexity index is 890. The fraction of sp³-hybridized carbons (Fsp3) is 0.478. The summed E-state index contributed by atoms with van der Waals surface area (Å²) in [6, 6.07) is 10.2. The molecule has 1 aliphatic heterocycles. The van der Waals surface area contributed by atoms with Crippen LogP contribution in [0.15, 0.2) is 30.3 Å². The molecule has 1 aliphatic rings. The molecule has 2 N–H and O–H groups in total. The minimum atomic E-state index is -0.952. The maximum Gasteiger partial charge on any atom is 0.311 e. The van der Waals surface area contributed by atoms with Gasteiger partial charge in [-0.05, 0) is 56.4 Å². The van der Waals surface area contributed by atoms with Gasteiger partial charge in [-0.3, -0.25) is 9.59 Å². The van der Waals surface area contributed by atoms with Gasteiger partial charge in [0.1, 0.15) is 0 Å². The van der Waals surface area contributed by atoms with Crippen molar-refractivity contribution in [2.75, 3.05) is 19.8 Å². The lowest BCUT2D eigenvalue weighted by Crippen LogP contribution is -2.46. The summed E-state index contributed by atoms with van der Waals surface area (Å²) in [6.45, 7) is 9.12. The molecule has 6 heteroatoms. The minimum Gasteiger partial charge on any atom is -0.481 e. The number of aryl methyl sites for hydroxylation is 1. The maximum atomic E-state index is 12.9. The van der Waals surface area contributed by atoms with E-state index >= 15 is 0 Å². The van der Waals surface area contributed by atoms with Crippen LogP contribution in [0.1, 0.15) is 59.9 Å². The SMILES string of the molecule is Cc1cc(C(=O)NCC2(C(=O)O)CCOCC2)c(C)n1-c1ccc(C(C)C)cc1. The van der Waals surface area contributed by atoms with E-state index in [0.29, 0.717) is 37.5 Å².